The lowest BCUT2D eigenvalue weighted by molar-refractivity contribution is 0.130. The number of carbonyl (C=O) groups excluding carboxylic acids is 1. The molecule has 1 aliphatic carbocycles. The number of aromatic nitrogens is 3. The van der Waals surface area contributed by atoms with Crippen LogP contribution in [0.15, 0.2) is 60.9 Å². The maximum atomic E-state index is 11.9. The van der Waals surface area contributed by atoms with E-state index in [0.717, 1.165) is 46.4 Å². The quantitative estimate of drug-likeness (QED) is 0.346. The second-order valence-corrected chi connectivity index (χ2v) is 9.01. The molecule has 0 aliphatic heterocycles. The predicted octanol–water partition coefficient (Wildman–Crippen LogP) is 5.94. The SMILES string of the molecule is CC(C)OC(=O)Nc1ccc(-c2c(N)c3ccc(OCc4ncccn4)cc3n2C2CCC2)cc1. The molecule has 2 aromatic heterocycles. The average Bonchev–Trinajstić information content (AvgIpc) is 3.09. The third kappa shape index (κ3) is 4.77. The molecule has 0 bridgehead atoms. The van der Waals surface area contributed by atoms with E-state index in [1.165, 1.54) is 6.42 Å². The van der Waals surface area contributed by atoms with Crippen molar-refractivity contribution in [3.63, 3.8) is 0 Å². The van der Waals surface area contributed by atoms with Crippen molar-refractivity contribution in [2.75, 3.05) is 11.1 Å². The number of anilines is 2. The molecule has 1 saturated carbocycles. The summed E-state index contributed by atoms with van der Waals surface area (Å²) in [7, 11) is 0. The molecule has 2 heterocycles. The summed E-state index contributed by atoms with van der Waals surface area (Å²) in [6.45, 7) is 3.93. The van der Waals surface area contributed by atoms with Crippen LogP contribution >= 0.6 is 0 Å². The number of nitrogen functional groups attached to an aromatic ring is 1. The first-order chi connectivity index (χ1) is 17.0. The first kappa shape index (κ1) is 22.7. The Labute approximate surface area is 204 Å². The molecule has 180 valence electrons. The monoisotopic (exact) mass is 471 g/mol. The Morgan fingerprint density at radius 1 is 1.14 bits per heavy atom. The Morgan fingerprint density at radius 3 is 2.54 bits per heavy atom. The molecule has 3 N–H and O–H groups in total. The molecule has 0 radical (unpaired) electrons. The van der Waals surface area contributed by atoms with Gasteiger partial charge in [0.25, 0.3) is 0 Å². The van der Waals surface area contributed by atoms with E-state index in [1.54, 1.807) is 18.5 Å². The van der Waals surface area contributed by atoms with Gasteiger partial charge in [-0.3, -0.25) is 5.32 Å². The van der Waals surface area contributed by atoms with Gasteiger partial charge in [-0.2, -0.15) is 0 Å². The Morgan fingerprint density at radius 2 is 1.89 bits per heavy atom. The largest absolute Gasteiger partial charge is 0.486 e. The third-order valence-electron chi connectivity index (χ3n) is 6.19. The van der Waals surface area contributed by atoms with E-state index in [1.807, 2.05) is 56.3 Å². The van der Waals surface area contributed by atoms with E-state index < -0.39 is 6.09 Å². The van der Waals surface area contributed by atoms with Crippen LogP contribution in [0.1, 0.15) is 45.0 Å². The number of nitrogens with two attached hydrogens (primary N) is 1. The van der Waals surface area contributed by atoms with Crippen LogP contribution in [0.3, 0.4) is 0 Å². The number of amides is 1. The number of rotatable bonds is 7. The summed E-state index contributed by atoms with van der Waals surface area (Å²) in [5, 5.41) is 3.76. The lowest BCUT2D eigenvalue weighted by Gasteiger charge is -2.30. The zero-order valence-corrected chi connectivity index (χ0v) is 19.9. The first-order valence-electron chi connectivity index (χ1n) is 11.9. The van der Waals surface area contributed by atoms with Crippen molar-refractivity contribution in [3.8, 4) is 17.0 Å². The van der Waals surface area contributed by atoms with Crippen molar-refractivity contribution in [1.82, 2.24) is 14.5 Å². The summed E-state index contributed by atoms with van der Waals surface area (Å²) in [4.78, 5) is 20.4. The summed E-state index contributed by atoms with van der Waals surface area (Å²) in [5.74, 6) is 1.38. The number of nitrogens with one attached hydrogen (secondary N) is 1. The maximum absolute atomic E-state index is 11.9. The van der Waals surface area contributed by atoms with Gasteiger partial charge in [-0.05, 0) is 63.4 Å². The van der Waals surface area contributed by atoms with Crippen molar-refractivity contribution in [2.24, 2.45) is 0 Å². The summed E-state index contributed by atoms with van der Waals surface area (Å²) >= 11 is 0. The molecule has 4 aromatic rings. The topological polar surface area (TPSA) is 104 Å². The molecule has 5 rings (SSSR count). The Kier molecular flexibility index (Phi) is 6.27. The van der Waals surface area contributed by atoms with Gasteiger partial charge in [0, 0.05) is 41.1 Å². The molecule has 2 aromatic carbocycles. The molecule has 0 atom stereocenters. The second kappa shape index (κ2) is 9.66. The van der Waals surface area contributed by atoms with E-state index in [4.69, 9.17) is 15.2 Å². The number of nitrogens with zero attached hydrogens (tertiary/aromatic N) is 3. The van der Waals surface area contributed by atoms with Crippen LogP contribution in [0.5, 0.6) is 5.75 Å². The maximum Gasteiger partial charge on any atom is 0.411 e. The number of hydrogen-bond acceptors (Lipinski definition) is 6. The van der Waals surface area contributed by atoms with E-state index in [0.29, 0.717) is 24.2 Å². The highest BCUT2D eigenvalue weighted by atomic mass is 16.6. The highest BCUT2D eigenvalue weighted by molar-refractivity contribution is 6.01. The lowest BCUT2D eigenvalue weighted by Crippen LogP contribution is -2.18. The third-order valence-corrected chi connectivity index (χ3v) is 6.19. The predicted molar refractivity (Wildman–Crippen MR) is 136 cm³/mol. The van der Waals surface area contributed by atoms with Crippen molar-refractivity contribution >= 4 is 28.4 Å². The summed E-state index contributed by atoms with van der Waals surface area (Å²) in [6.07, 6.45) is 6.19. The van der Waals surface area contributed by atoms with E-state index in [2.05, 4.69) is 19.9 Å². The first-order valence-corrected chi connectivity index (χ1v) is 11.9. The molecule has 1 aliphatic rings. The van der Waals surface area contributed by atoms with Gasteiger partial charge in [0.05, 0.1) is 23.0 Å². The molecule has 8 nitrogen and oxygen atoms in total. The number of carbonyl (C=O) groups is 1. The standard InChI is InChI=1S/C27H29N5O3/c1-17(2)35-27(33)31-19-9-7-18(8-10-19)26-25(28)22-12-11-21(34-16-24-29-13-4-14-30-24)15-23(22)32(26)20-5-3-6-20/h4,7-15,17,20H,3,5-6,16,28H2,1-2H3,(H,31,33). The smallest absolute Gasteiger partial charge is 0.411 e. The van der Waals surface area contributed by atoms with Crippen LogP contribution in [0.4, 0.5) is 16.2 Å². The molecule has 0 unspecified atom stereocenters. The normalized spacial score (nSPS) is 13.6. The van der Waals surface area contributed by atoms with Gasteiger partial charge in [-0.25, -0.2) is 14.8 Å². The van der Waals surface area contributed by atoms with Gasteiger partial charge in [0.1, 0.15) is 12.4 Å². The molecular weight excluding hydrogens is 442 g/mol. The van der Waals surface area contributed by atoms with Crippen LogP contribution in [-0.4, -0.2) is 26.7 Å². The molecule has 1 fully saturated rings. The van der Waals surface area contributed by atoms with Crippen molar-refractivity contribution in [3.05, 3.63) is 66.7 Å². The van der Waals surface area contributed by atoms with Crippen molar-refractivity contribution < 1.29 is 14.3 Å². The molecule has 8 heteroatoms. The van der Waals surface area contributed by atoms with E-state index in [9.17, 15) is 4.79 Å². The Bertz CT molecular complexity index is 1330. The van der Waals surface area contributed by atoms with Gasteiger partial charge in [-0.1, -0.05) is 12.1 Å². The molecule has 0 saturated heterocycles. The van der Waals surface area contributed by atoms with Gasteiger partial charge >= 0.3 is 6.09 Å². The minimum absolute atomic E-state index is 0.179. The van der Waals surface area contributed by atoms with E-state index in [-0.39, 0.29) is 6.10 Å². The van der Waals surface area contributed by atoms with Crippen molar-refractivity contribution in [2.45, 2.75) is 51.9 Å². The van der Waals surface area contributed by atoms with Crippen LogP contribution in [-0.2, 0) is 11.3 Å². The second-order valence-electron chi connectivity index (χ2n) is 9.01. The summed E-state index contributed by atoms with van der Waals surface area (Å²) in [5.41, 5.74) is 11.2. The molecule has 1 amide bonds. The molecule has 35 heavy (non-hydrogen) atoms. The molecule has 0 spiro atoms. The number of hydrogen-bond donors (Lipinski definition) is 2. The number of ether oxygens (including phenoxy) is 2. The minimum Gasteiger partial charge on any atom is -0.486 e. The summed E-state index contributed by atoms with van der Waals surface area (Å²) in [6, 6.07) is 15.9. The van der Waals surface area contributed by atoms with Crippen LogP contribution in [0.25, 0.3) is 22.2 Å². The highest BCUT2D eigenvalue weighted by Gasteiger charge is 2.27. The number of fused-ring (bicyclic) bond motifs is 1. The van der Waals surface area contributed by atoms with Crippen LogP contribution in [0, 0.1) is 0 Å². The van der Waals surface area contributed by atoms with Crippen LogP contribution in [0.2, 0.25) is 0 Å². The van der Waals surface area contributed by atoms with Crippen molar-refractivity contribution in [1.29, 1.82) is 0 Å². The van der Waals surface area contributed by atoms with Gasteiger partial charge in [0.2, 0.25) is 0 Å². The lowest BCUT2D eigenvalue weighted by atomic mass is 9.92. The van der Waals surface area contributed by atoms with E-state index >= 15 is 0 Å². The fourth-order valence-corrected chi connectivity index (χ4v) is 4.35. The van der Waals surface area contributed by atoms with Gasteiger partial charge in [-0.15, -0.1) is 0 Å². The zero-order valence-electron chi connectivity index (χ0n) is 19.9. The fraction of sp³-hybridized carbons (Fsp3) is 0.296. The fourth-order valence-electron chi connectivity index (χ4n) is 4.35. The highest BCUT2D eigenvalue weighted by Crippen LogP contribution is 2.45. The van der Waals surface area contributed by atoms with Gasteiger partial charge in [0.15, 0.2) is 5.82 Å². The van der Waals surface area contributed by atoms with Gasteiger partial charge < -0.3 is 19.8 Å². The Balaban J connectivity index is 1.47. The minimum atomic E-state index is -0.468. The molecular formula is C27H29N5O3. The Hall–Kier alpha value is -4.07. The summed E-state index contributed by atoms with van der Waals surface area (Å²) < 4.78 is 13.5. The zero-order chi connectivity index (χ0) is 24.4. The van der Waals surface area contributed by atoms with Crippen LogP contribution < -0.4 is 15.8 Å². The average molecular weight is 472 g/mol. The number of benzene rings is 2.